The molecule has 2 nitrogen and oxygen atoms in total. The fourth-order valence-corrected chi connectivity index (χ4v) is 3.09. The molecule has 0 spiro atoms. The first-order valence-corrected chi connectivity index (χ1v) is 6.87. The van der Waals surface area contributed by atoms with Crippen molar-refractivity contribution < 1.29 is 9.13 Å². The van der Waals surface area contributed by atoms with Gasteiger partial charge in [-0.25, -0.2) is 4.39 Å². The molecule has 1 aliphatic carbocycles. The van der Waals surface area contributed by atoms with Crippen molar-refractivity contribution in [1.29, 1.82) is 0 Å². The molecular formula is C17H18FNO. The Morgan fingerprint density at radius 3 is 2.80 bits per heavy atom. The van der Waals surface area contributed by atoms with Crippen molar-refractivity contribution in [1.82, 2.24) is 0 Å². The molecule has 3 heteroatoms. The zero-order valence-electron chi connectivity index (χ0n) is 11.5. The molecule has 3 rings (SSSR count). The van der Waals surface area contributed by atoms with Gasteiger partial charge in [-0.15, -0.1) is 0 Å². The second-order valence-electron chi connectivity index (χ2n) is 5.26. The number of hydrogen-bond donors (Lipinski definition) is 1. The van der Waals surface area contributed by atoms with Crippen molar-refractivity contribution in [3.8, 4) is 5.75 Å². The number of hydrogen-bond acceptors (Lipinski definition) is 2. The van der Waals surface area contributed by atoms with Crippen LogP contribution in [0, 0.1) is 5.82 Å². The molecule has 0 saturated heterocycles. The summed E-state index contributed by atoms with van der Waals surface area (Å²) < 4.78 is 18.8. The molecule has 0 bridgehead atoms. The van der Waals surface area contributed by atoms with E-state index >= 15 is 0 Å². The molecule has 1 aliphatic rings. The zero-order chi connectivity index (χ0) is 14.1. The largest absolute Gasteiger partial charge is 0.494 e. The van der Waals surface area contributed by atoms with Gasteiger partial charge in [0.25, 0.3) is 0 Å². The van der Waals surface area contributed by atoms with Crippen LogP contribution in [0.3, 0.4) is 0 Å². The molecule has 0 amide bonds. The van der Waals surface area contributed by atoms with E-state index in [4.69, 9.17) is 10.5 Å². The molecule has 104 valence electrons. The first-order valence-electron chi connectivity index (χ1n) is 6.87. The van der Waals surface area contributed by atoms with Crippen molar-refractivity contribution in [2.24, 2.45) is 5.73 Å². The number of methoxy groups -OCH3 is 1. The van der Waals surface area contributed by atoms with Crippen LogP contribution < -0.4 is 10.5 Å². The summed E-state index contributed by atoms with van der Waals surface area (Å²) in [7, 11) is 1.46. The minimum absolute atomic E-state index is 0.181. The molecule has 20 heavy (non-hydrogen) atoms. The third-order valence-electron chi connectivity index (χ3n) is 4.17. The molecule has 2 unspecified atom stereocenters. The molecule has 0 aromatic heterocycles. The van der Waals surface area contributed by atoms with E-state index in [0.717, 1.165) is 18.4 Å². The second-order valence-corrected chi connectivity index (χ2v) is 5.26. The highest BCUT2D eigenvalue weighted by atomic mass is 19.1. The Balaban J connectivity index is 1.90. The van der Waals surface area contributed by atoms with E-state index in [-0.39, 0.29) is 23.5 Å². The van der Waals surface area contributed by atoms with Gasteiger partial charge in [0.15, 0.2) is 11.6 Å². The Morgan fingerprint density at radius 2 is 2.05 bits per heavy atom. The lowest BCUT2D eigenvalue weighted by atomic mass is 9.89. The van der Waals surface area contributed by atoms with Gasteiger partial charge in [-0.1, -0.05) is 30.3 Å². The molecule has 0 saturated carbocycles. The summed E-state index contributed by atoms with van der Waals surface area (Å²) in [6, 6.07) is 13.2. The summed E-state index contributed by atoms with van der Waals surface area (Å²) in [6.45, 7) is 0. The molecule has 2 aromatic rings. The highest BCUT2D eigenvalue weighted by Gasteiger charge is 2.28. The van der Waals surface area contributed by atoms with E-state index in [9.17, 15) is 4.39 Å². The lowest BCUT2D eigenvalue weighted by molar-refractivity contribution is 0.385. The van der Waals surface area contributed by atoms with Crippen molar-refractivity contribution in [2.75, 3.05) is 7.11 Å². The fourth-order valence-electron chi connectivity index (χ4n) is 3.09. The number of halogens is 1. The average Bonchev–Trinajstić information content (AvgIpc) is 2.90. The second kappa shape index (κ2) is 5.25. The summed E-state index contributed by atoms with van der Waals surface area (Å²) in [5, 5.41) is 0. The summed E-state index contributed by atoms with van der Waals surface area (Å²) in [5.74, 6) is 0.165. The van der Waals surface area contributed by atoms with Crippen LogP contribution in [0.2, 0.25) is 0 Å². The standard InChI is InChI=1S/C17H18FNO/c1-20-16-9-7-12(10-15(16)18)17(19)14-8-6-11-4-2-3-5-13(11)14/h2-5,7,9-10,14,17H,6,8,19H2,1H3. The highest BCUT2D eigenvalue weighted by Crippen LogP contribution is 2.40. The van der Waals surface area contributed by atoms with Crippen LogP contribution in [-0.4, -0.2) is 7.11 Å². The van der Waals surface area contributed by atoms with E-state index in [0.29, 0.717) is 0 Å². The smallest absolute Gasteiger partial charge is 0.165 e. The number of fused-ring (bicyclic) bond motifs is 1. The van der Waals surface area contributed by atoms with Crippen LogP contribution >= 0.6 is 0 Å². The van der Waals surface area contributed by atoms with Gasteiger partial charge in [-0.2, -0.15) is 0 Å². The van der Waals surface area contributed by atoms with Gasteiger partial charge in [0.05, 0.1) is 7.11 Å². The predicted molar refractivity (Wildman–Crippen MR) is 77.4 cm³/mol. The van der Waals surface area contributed by atoms with Crippen LogP contribution in [0.5, 0.6) is 5.75 Å². The number of nitrogens with two attached hydrogens (primary N) is 1. The normalized spacial score (nSPS) is 18.6. The Hall–Kier alpha value is -1.87. The maximum atomic E-state index is 13.8. The van der Waals surface area contributed by atoms with Crippen LogP contribution in [-0.2, 0) is 6.42 Å². The maximum Gasteiger partial charge on any atom is 0.165 e. The topological polar surface area (TPSA) is 35.2 Å². The lowest BCUT2D eigenvalue weighted by Gasteiger charge is -2.21. The fraction of sp³-hybridized carbons (Fsp3) is 0.294. The van der Waals surface area contributed by atoms with E-state index in [2.05, 4.69) is 18.2 Å². The first kappa shape index (κ1) is 13.1. The zero-order valence-corrected chi connectivity index (χ0v) is 11.5. The van der Waals surface area contributed by atoms with Gasteiger partial charge in [0.2, 0.25) is 0 Å². The summed E-state index contributed by atoms with van der Waals surface area (Å²) in [6.07, 6.45) is 2.07. The highest BCUT2D eigenvalue weighted by molar-refractivity contribution is 5.39. The Kier molecular flexibility index (Phi) is 3.45. The number of aryl methyl sites for hydroxylation is 1. The monoisotopic (exact) mass is 271 g/mol. The molecule has 2 aromatic carbocycles. The molecule has 0 aliphatic heterocycles. The number of ether oxygens (including phenoxy) is 1. The minimum atomic E-state index is -0.355. The van der Waals surface area contributed by atoms with Crippen LogP contribution in [0.1, 0.15) is 35.1 Å². The van der Waals surface area contributed by atoms with E-state index < -0.39 is 0 Å². The van der Waals surface area contributed by atoms with Gasteiger partial charge < -0.3 is 10.5 Å². The van der Waals surface area contributed by atoms with Crippen molar-refractivity contribution in [2.45, 2.75) is 24.8 Å². The van der Waals surface area contributed by atoms with Crippen molar-refractivity contribution in [3.05, 3.63) is 65.0 Å². The van der Waals surface area contributed by atoms with E-state index in [1.807, 2.05) is 12.1 Å². The Bertz CT molecular complexity index is 626. The quantitative estimate of drug-likeness (QED) is 0.926. The summed E-state index contributed by atoms with van der Waals surface area (Å²) in [5.41, 5.74) is 9.86. The molecular weight excluding hydrogens is 253 g/mol. The number of benzene rings is 2. The van der Waals surface area contributed by atoms with Gasteiger partial charge in [-0.3, -0.25) is 0 Å². The van der Waals surface area contributed by atoms with E-state index in [1.54, 1.807) is 6.07 Å². The Morgan fingerprint density at radius 1 is 1.25 bits per heavy atom. The molecule has 0 fully saturated rings. The number of rotatable bonds is 3. The Labute approximate surface area is 118 Å². The van der Waals surface area contributed by atoms with Crippen molar-refractivity contribution >= 4 is 0 Å². The first-order chi connectivity index (χ1) is 9.70. The van der Waals surface area contributed by atoms with Gasteiger partial charge in [-0.05, 0) is 41.7 Å². The van der Waals surface area contributed by atoms with Gasteiger partial charge in [0, 0.05) is 12.0 Å². The average molecular weight is 271 g/mol. The molecule has 0 radical (unpaired) electrons. The molecule has 0 heterocycles. The van der Waals surface area contributed by atoms with Crippen molar-refractivity contribution in [3.63, 3.8) is 0 Å². The lowest BCUT2D eigenvalue weighted by Crippen LogP contribution is -2.18. The molecule has 2 N–H and O–H groups in total. The maximum absolute atomic E-state index is 13.8. The minimum Gasteiger partial charge on any atom is -0.494 e. The third kappa shape index (κ3) is 2.18. The van der Waals surface area contributed by atoms with Gasteiger partial charge >= 0.3 is 0 Å². The third-order valence-corrected chi connectivity index (χ3v) is 4.17. The molecule has 2 atom stereocenters. The van der Waals surface area contributed by atoms with Crippen LogP contribution in [0.4, 0.5) is 4.39 Å². The van der Waals surface area contributed by atoms with Gasteiger partial charge in [0.1, 0.15) is 0 Å². The SMILES string of the molecule is COc1ccc(C(N)C2CCc3ccccc32)cc1F. The summed E-state index contributed by atoms with van der Waals surface area (Å²) >= 11 is 0. The van der Waals surface area contributed by atoms with Crippen LogP contribution in [0.15, 0.2) is 42.5 Å². The predicted octanol–water partition coefficient (Wildman–Crippen LogP) is 3.56. The van der Waals surface area contributed by atoms with Crippen LogP contribution in [0.25, 0.3) is 0 Å². The summed E-state index contributed by atoms with van der Waals surface area (Å²) in [4.78, 5) is 0. The van der Waals surface area contributed by atoms with E-state index in [1.165, 1.54) is 24.3 Å².